The minimum atomic E-state index is -4.92. The van der Waals surface area contributed by atoms with Crippen molar-refractivity contribution in [2.24, 2.45) is 0 Å². The van der Waals surface area contributed by atoms with Gasteiger partial charge in [-0.2, -0.15) is 8.78 Å². The van der Waals surface area contributed by atoms with Gasteiger partial charge in [-0.15, -0.1) is 0 Å². The van der Waals surface area contributed by atoms with Crippen molar-refractivity contribution < 1.29 is 31.3 Å². The second kappa shape index (κ2) is 8.10. The third kappa shape index (κ3) is 4.15. The highest BCUT2D eigenvalue weighted by molar-refractivity contribution is 7.91. The Labute approximate surface area is 176 Å². The molecule has 1 N–H and O–H groups in total. The van der Waals surface area contributed by atoms with Crippen LogP contribution in [0.25, 0.3) is 11.3 Å². The van der Waals surface area contributed by atoms with Crippen LogP contribution in [0.1, 0.15) is 28.5 Å². The van der Waals surface area contributed by atoms with Crippen LogP contribution in [0, 0.1) is 0 Å². The number of sulfone groups is 1. The fourth-order valence-corrected chi connectivity index (χ4v) is 4.28. The van der Waals surface area contributed by atoms with Crippen LogP contribution in [-0.4, -0.2) is 31.3 Å². The van der Waals surface area contributed by atoms with E-state index in [9.17, 15) is 22.0 Å². The zero-order valence-corrected chi connectivity index (χ0v) is 17.2. The lowest BCUT2D eigenvalue weighted by Crippen LogP contribution is -2.26. The van der Waals surface area contributed by atoms with Gasteiger partial charge >= 0.3 is 5.76 Å². The molecule has 1 unspecified atom stereocenters. The quantitative estimate of drug-likeness (QED) is 0.619. The van der Waals surface area contributed by atoms with Crippen LogP contribution in [0.15, 0.2) is 57.9 Å². The summed E-state index contributed by atoms with van der Waals surface area (Å²) >= 11 is 0. The molecule has 1 amide bonds. The van der Waals surface area contributed by atoms with Crippen LogP contribution >= 0.6 is 0 Å². The van der Waals surface area contributed by atoms with E-state index in [1.807, 2.05) is 25.1 Å². The molecule has 1 aliphatic rings. The highest BCUT2D eigenvalue weighted by Crippen LogP contribution is 2.33. The maximum absolute atomic E-state index is 12.9. The van der Waals surface area contributed by atoms with Gasteiger partial charge in [-0.05, 0) is 30.7 Å². The molecule has 0 spiro atoms. The van der Waals surface area contributed by atoms with Gasteiger partial charge in [-0.1, -0.05) is 29.4 Å². The number of amides is 1. The van der Waals surface area contributed by atoms with Gasteiger partial charge in [0.15, 0.2) is 5.76 Å². The van der Waals surface area contributed by atoms with Crippen LogP contribution in [0.2, 0.25) is 0 Å². The molecule has 0 saturated carbocycles. The summed E-state index contributed by atoms with van der Waals surface area (Å²) in [4.78, 5) is 11.7. The first-order chi connectivity index (χ1) is 14.8. The number of halogens is 2. The smallest absolute Gasteiger partial charge is 0.341 e. The van der Waals surface area contributed by atoms with Crippen LogP contribution in [-0.2, 0) is 22.8 Å². The topological polar surface area (TPSA) is 98.5 Å². The first-order valence-electron chi connectivity index (χ1n) is 9.40. The molecule has 162 valence electrons. The van der Waals surface area contributed by atoms with Gasteiger partial charge in [0, 0.05) is 18.1 Å². The molecule has 0 saturated heterocycles. The van der Waals surface area contributed by atoms with E-state index in [0.29, 0.717) is 11.5 Å². The van der Waals surface area contributed by atoms with Crippen LogP contribution < -0.4 is 10.1 Å². The molecule has 0 radical (unpaired) electrons. The Morgan fingerprint density at radius 3 is 2.77 bits per heavy atom. The Balaban J connectivity index is 1.48. The number of benzene rings is 2. The Bertz CT molecular complexity index is 1240. The SMILES string of the molecule is CC1Cc2ccc(-c3cc(CNC(=O)c4ccccc4S(=O)(=O)C(F)F)no3)cc2O1. The summed E-state index contributed by atoms with van der Waals surface area (Å²) in [5, 5.41) is 6.38. The number of nitrogens with zero attached hydrogens (tertiary/aromatic N) is 1. The summed E-state index contributed by atoms with van der Waals surface area (Å²) in [7, 11) is -4.92. The number of carbonyl (C=O) groups excluding carboxylic acids is 1. The first-order valence-corrected chi connectivity index (χ1v) is 10.9. The molecular formula is C21H18F2N2O5S. The maximum atomic E-state index is 12.9. The van der Waals surface area contributed by atoms with E-state index in [4.69, 9.17) is 9.26 Å². The molecule has 0 fully saturated rings. The third-order valence-corrected chi connectivity index (χ3v) is 6.29. The molecule has 31 heavy (non-hydrogen) atoms. The van der Waals surface area contributed by atoms with Gasteiger partial charge in [0.05, 0.1) is 17.0 Å². The zero-order valence-electron chi connectivity index (χ0n) is 16.3. The molecule has 2 heterocycles. The number of nitrogens with one attached hydrogen (secondary N) is 1. The van der Waals surface area contributed by atoms with Gasteiger partial charge in [-0.3, -0.25) is 4.79 Å². The lowest BCUT2D eigenvalue weighted by Gasteiger charge is -2.09. The maximum Gasteiger partial charge on any atom is 0.341 e. The molecule has 1 atom stereocenters. The second-order valence-electron chi connectivity index (χ2n) is 7.12. The monoisotopic (exact) mass is 448 g/mol. The summed E-state index contributed by atoms with van der Waals surface area (Å²) in [6.45, 7) is 1.91. The van der Waals surface area contributed by atoms with E-state index < -0.39 is 26.4 Å². The minimum Gasteiger partial charge on any atom is -0.490 e. The van der Waals surface area contributed by atoms with Gasteiger partial charge in [-0.25, -0.2) is 8.42 Å². The molecule has 2 aromatic carbocycles. The lowest BCUT2D eigenvalue weighted by atomic mass is 10.1. The molecular weight excluding hydrogens is 430 g/mol. The van der Waals surface area contributed by atoms with E-state index in [1.165, 1.54) is 18.2 Å². The summed E-state index contributed by atoms with van der Waals surface area (Å²) in [5.41, 5.74) is 1.88. The normalized spacial score (nSPS) is 15.5. The van der Waals surface area contributed by atoms with Crippen LogP contribution in [0.3, 0.4) is 0 Å². The molecule has 4 rings (SSSR count). The van der Waals surface area contributed by atoms with Crippen molar-refractivity contribution in [2.75, 3.05) is 0 Å². The van der Waals surface area contributed by atoms with E-state index >= 15 is 0 Å². The van der Waals surface area contributed by atoms with Gasteiger partial charge in [0.2, 0.25) is 9.84 Å². The summed E-state index contributed by atoms with van der Waals surface area (Å²) < 4.78 is 60.5. The predicted octanol–water partition coefficient (Wildman–Crippen LogP) is 3.59. The number of hydrogen-bond acceptors (Lipinski definition) is 6. The molecule has 7 nitrogen and oxygen atoms in total. The van der Waals surface area contributed by atoms with Crippen molar-refractivity contribution in [1.82, 2.24) is 10.5 Å². The first kappa shape index (κ1) is 21.0. The van der Waals surface area contributed by atoms with E-state index in [0.717, 1.165) is 29.4 Å². The highest BCUT2D eigenvalue weighted by Gasteiger charge is 2.30. The number of carbonyl (C=O) groups is 1. The number of fused-ring (bicyclic) bond motifs is 1. The fourth-order valence-electron chi connectivity index (χ4n) is 3.35. The lowest BCUT2D eigenvalue weighted by molar-refractivity contribution is 0.0946. The van der Waals surface area contributed by atoms with Crippen molar-refractivity contribution in [3.63, 3.8) is 0 Å². The Morgan fingerprint density at radius 2 is 2.00 bits per heavy atom. The number of hydrogen-bond donors (Lipinski definition) is 1. The molecule has 3 aromatic rings. The van der Waals surface area contributed by atoms with Crippen molar-refractivity contribution >= 4 is 15.7 Å². The standard InChI is InChI=1S/C21H18F2N2O5S/c1-12-8-13-6-7-14(9-17(13)29-12)18-10-15(25-30-18)11-24-20(26)16-4-2-3-5-19(16)31(27,28)21(22)23/h2-7,9-10,12,21H,8,11H2,1H3,(H,24,26). The van der Waals surface area contributed by atoms with Gasteiger partial charge < -0.3 is 14.6 Å². The number of alkyl halides is 2. The summed E-state index contributed by atoms with van der Waals surface area (Å²) in [6.07, 6.45) is 0.953. The summed E-state index contributed by atoms with van der Waals surface area (Å²) in [6, 6.07) is 12.1. The van der Waals surface area contributed by atoms with Crippen molar-refractivity contribution in [2.45, 2.75) is 36.6 Å². The predicted molar refractivity (Wildman–Crippen MR) is 107 cm³/mol. The van der Waals surface area contributed by atoms with E-state index in [2.05, 4.69) is 10.5 Å². The highest BCUT2D eigenvalue weighted by atomic mass is 32.2. The van der Waals surface area contributed by atoms with Crippen molar-refractivity contribution in [1.29, 1.82) is 0 Å². The number of aromatic nitrogens is 1. The number of ether oxygens (including phenoxy) is 1. The third-order valence-electron chi connectivity index (χ3n) is 4.85. The zero-order chi connectivity index (χ0) is 22.2. The second-order valence-corrected chi connectivity index (χ2v) is 9.01. The molecule has 1 aliphatic heterocycles. The molecule has 0 aliphatic carbocycles. The number of rotatable bonds is 6. The van der Waals surface area contributed by atoms with Crippen LogP contribution in [0.5, 0.6) is 5.75 Å². The summed E-state index contributed by atoms with van der Waals surface area (Å²) in [5.74, 6) is -3.19. The Kier molecular flexibility index (Phi) is 5.48. The van der Waals surface area contributed by atoms with Gasteiger partial charge in [0.25, 0.3) is 5.91 Å². The van der Waals surface area contributed by atoms with E-state index in [1.54, 1.807) is 6.07 Å². The molecule has 1 aromatic heterocycles. The molecule has 10 heteroatoms. The van der Waals surface area contributed by atoms with Crippen LogP contribution in [0.4, 0.5) is 8.78 Å². The Morgan fingerprint density at radius 1 is 1.23 bits per heavy atom. The van der Waals surface area contributed by atoms with Gasteiger partial charge in [0.1, 0.15) is 17.5 Å². The van der Waals surface area contributed by atoms with E-state index in [-0.39, 0.29) is 18.2 Å². The van der Waals surface area contributed by atoms with Crippen molar-refractivity contribution in [3.05, 3.63) is 65.4 Å². The largest absolute Gasteiger partial charge is 0.490 e. The molecule has 0 bridgehead atoms. The Hall–Kier alpha value is -3.27. The average molecular weight is 448 g/mol. The fraction of sp³-hybridized carbons (Fsp3) is 0.238. The van der Waals surface area contributed by atoms with Crippen molar-refractivity contribution in [3.8, 4) is 17.1 Å². The average Bonchev–Trinajstić information content (AvgIpc) is 3.36. The minimum absolute atomic E-state index is 0.0795.